The van der Waals surface area contributed by atoms with Crippen LogP contribution in [0.1, 0.15) is 6.42 Å². The molecule has 1 unspecified atom stereocenters. The Kier molecular flexibility index (Phi) is 5.26. The predicted octanol–water partition coefficient (Wildman–Crippen LogP) is 0.390. The molecule has 0 spiro atoms. The summed E-state index contributed by atoms with van der Waals surface area (Å²) in [4.78, 5) is 30.2. The molecule has 0 aromatic heterocycles. The Bertz CT molecular complexity index is 432. The van der Waals surface area contributed by atoms with E-state index in [1.165, 1.54) is 12.5 Å². The summed E-state index contributed by atoms with van der Waals surface area (Å²) in [6.45, 7) is 0. The Hall–Kier alpha value is -1.25. The molecule has 0 aromatic rings. The van der Waals surface area contributed by atoms with Gasteiger partial charge in [0.2, 0.25) is 5.91 Å². The number of amidine groups is 1. The van der Waals surface area contributed by atoms with Gasteiger partial charge in [-0.05, 0) is 0 Å². The molecule has 7 nitrogen and oxygen atoms in total. The number of carboxylic acid groups (broad SMARTS) is 1. The van der Waals surface area contributed by atoms with Gasteiger partial charge in [-0.25, -0.2) is 9.83 Å². The van der Waals surface area contributed by atoms with Gasteiger partial charge >= 0.3 is 5.97 Å². The molecule has 0 fully saturated rings. The van der Waals surface area contributed by atoms with E-state index in [4.69, 9.17) is 16.7 Å². The molecule has 1 heterocycles. The van der Waals surface area contributed by atoms with Crippen LogP contribution in [0.15, 0.2) is 20.6 Å². The van der Waals surface area contributed by atoms with E-state index in [9.17, 15) is 9.59 Å². The summed E-state index contributed by atoms with van der Waals surface area (Å²) < 4.78 is 3.72. The molecule has 2 N–H and O–H groups in total. The number of carbonyl (C=O) groups is 2. The Balaban J connectivity index is 2.84. The second-order valence-corrected chi connectivity index (χ2v) is 4.52. The summed E-state index contributed by atoms with van der Waals surface area (Å²) in [6, 6.07) is 0. The largest absolute Gasteiger partial charge is 0.481 e. The maximum atomic E-state index is 11.1. The van der Waals surface area contributed by atoms with Crippen LogP contribution in [0.25, 0.3) is 0 Å². The van der Waals surface area contributed by atoms with Crippen LogP contribution >= 0.6 is 11.6 Å². The second kappa shape index (κ2) is 6.48. The van der Waals surface area contributed by atoms with Crippen molar-refractivity contribution in [2.24, 2.45) is 9.52 Å². The molecule has 1 amide bonds. The molecular weight excluding hydrogens is 270 g/mol. The van der Waals surface area contributed by atoms with Crippen LogP contribution < -0.4 is 5.32 Å². The van der Waals surface area contributed by atoms with Crippen molar-refractivity contribution < 1.29 is 19.5 Å². The number of hydrogen-bond acceptors (Lipinski definition) is 5. The highest BCUT2D eigenvalue weighted by Crippen LogP contribution is 2.15. The lowest BCUT2D eigenvalue weighted by Gasteiger charge is -2.02. The highest BCUT2D eigenvalue weighted by atomic mass is 35.5. The van der Waals surface area contributed by atoms with Crippen molar-refractivity contribution in [3.63, 3.8) is 0 Å². The molecule has 1 aliphatic rings. The molecule has 0 saturated heterocycles. The molecule has 1 rings (SSSR count). The lowest BCUT2D eigenvalue weighted by molar-refractivity contribution is -0.136. The van der Waals surface area contributed by atoms with Gasteiger partial charge < -0.3 is 10.4 Å². The first-order chi connectivity index (χ1) is 8.06. The number of carbonyl (C=O) groups excluding carboxylic acids is 1. The number of aliphatic imine (C=N–C) groups is 1. The predicted molar refractivity (Wildman–Crippen MR) is 63.4 cm³/mol. The summed E-state index contributed by atoms with van der Waals surface area (Å²) in [6.07, 6.45) is -0.233. The lowest BCUT2D eigenvalue weighted by atomic mass is 10.3. The minimum absolute atomic E-state index is 0.211. The van der Waals surface area contributed by atoms with Crippen molar-refractivity contribution in [1.29, 1.82) is 0 Å². The topological polar surface area (TPSA) is 100 Å². The number of amides is 1. The third-order valence-corrected chi connectivity index (χ3v) is 3.18. The average Bonchev–Trinajstić information content (AvgIpc) is 2.60. The molecular formula is C8H10ClN3O4S. The Morgan fingerprint density at radius 2 is 2.41 bits per heavy atom. The van der Waals surface area contributed by atoms with Crippen LogP contribution in [0.3, 0.4) is 0 Å². The first-order valence-corrected chi connectivity index (χ1v) is 6.19. The van der Waals surface area contributed by atoms with E-state index in [-0.39, 0.29) is 17.5 Å². The van der Waals surface area contributed by atoms with Crippen LogP contribution in [0.4, 0.5) is 0 Å². The minimum atomic E-state index is -1.01. The monoisotopic (exact) mass is 279 g/mol. The Labute approximate surface area is 105 Å². The van der Waals surface area contributed by atoms with Crippen LogP contribution in [0.5, 0.6) is 0 Å². The van der Waals surface area contributed by atoms with Gasteiger partial charge in [0.15, 0.2) is 5.17 Å². The van der Waals surface area contributed by atoms with E-state index in [1.54, 1.807) is 0 Å². The molecule has 9 heteroatoms. The molecule has 0 saturated carbocycles. The lowest BCUT2D eigenvalue weighted by Crippen LogP contribution is -2.32. The van der Waals surface area contributed by atoms with E-state index >= 15 is 0 Å². The van der Waals surface area contributed by atoms with Gasteiger partial charge in [-0.15, -0.1) is 11.6 Å². The van der Waals surface area contributed by atoms with Gasteiger partial charge in [-0.1, -0.05) is 4.53 Å². The van der Waals surface area contributed by atoms with Crippen molar-refractivity contribution in [1.82, 2.24) is 5.32 Å². The summed E-state index contributed by atoms with van der Waals surface area (Å²) >= 11 is 5.34. The molecule has 0 aromatic carbocycles. The molecule has 0 bridgehead atoms. The van der Waals surface area contributed by atoms with Crippen molar-refractivity contribution in [2.45, 2.75) is 6.42 Å². The van der Waals surface area contributed by atoms with Crippen LogP contribution in [0.2, 0.25) is 0 Å². The van der Waals surface area contributed by atoms with Crippen molar-refractivity contribution in [2.75, 3.05) is 13.0 Å². The number of rotatable bonds is 4. The van der Waals surface area contributed by atoms with Gasteiger partial charge in [-0.3, -0.25) is 9.59 Å². The van der Waals surface area contributed by atoms with E-state index in [0.717, 1.165) is 0 Å². The van der Waals surface area contributed by atoms with Crippen LogP contribution in [0, 0.1) is 0 Å². The zero-order valence-corrected chi connectivity index (χ0v) is 10.4. The summed E-state index contributed by atoms with van der Waals surface area (Å²) in [5.41, 5.74) is 0.325. The highest BCUT2D eigenvalue weighted by Gasteiger charge is 2.19. The minimum Gasteiger partial charge on any atom is -0.481 e. The summed E-state index contributed by atoms with van der Waals surface area (Å²) in [5, 5.41) is 12.8. The molecule has 1 atom stereocenters. The zero-order valence-electron chi connectivity index (χ0n) is 8.84. The third-order valence-electron chi connectivity index (χ3n) is 1.55. The van der Waals surface area contributed by atoms with Crippen LogP contribution in [-0.2, 0) is 25.1 Å². The number of alkyl halides is 1. The van der Waals surface area contributed by atoms with Crippen molar-refractivity contribution in [3.8, 4) is 0 Å². The number of carboxylic acids is 1. The maximum Gasteiger partial charge on any atom is 0.309 e. The summed E-state index contributed by atoms with van der Waals surface area (Å²) in [5.74, 6) is -1.65. The number of aliphatic carboxylic acids is 1. The second-order valence-electron chi connectivity index (χ2n) is 2.85. The first kappa shape index (κ1) is 13.8. The van der Waals surface area contributed by atoms with Gasteiger partial charge in [0.1, 0.15) is 5.88 Å². The highest BCUT2D eigenvalue weighted by molar-refractivity contribution is 8.05. The fourth-order valence-electron chi connectivity index (χ4n) is 0.994. The normalized spacial score (nSPS) is 18.8. The van der Waals surface area contributed by atoms with E-state index < -0.39 is 22.6 Å². The SMILES string of the molecule is CO/N=S1/C=C(CC(=O)O)N=C1NC(=O)CCl. The van der Waals surface area contributed by atoms with Gasteiger partial charge in [0.05, 0.1) is 19.2 Å². The quantitative estimate of drug-likeness (QED) is 0.574. The van der Waals surface area contributed by atoms with Gasteiger partial charge in [0.25, 0.3) is 0 Å². The van der Waals surface area contributed by atoms with E-state index in [2.05, 4.69) is 19.7 Å². The first-order valence-electron chi connectivity index (χ1n) is 4.41. The number of nitrogens with one attached hydrogen (secondary N) is 1. The fourth-order valence-corrected chi connectivity index (χ4v) is 2.27. The summed E-state index contributed by atoms with van der Waals surface area (Å²) in [7, 11) is 0.461. The Morgan fingerprint density at radius 3 is 2.94 bits per heavy atom. The Morgan fingerprint density at radius 1 is 1.71 bits per heavy atom. The average molecular weight is 280 g/mol. The van der Waals surface area contributed by atoms with Crippen molar-refractivity contribution >= 4 is 39.3 Å². The molecule has 17 heavy (non-hydrogen) atoms. The molecule has 0 radical (unpaired) electrons. The fraction of sp³-hybridized carbons (Fsp3) is 0.375. The smallest absolute Gasteiger partial charge is 0.309 e. The van der Waals surface area contributed by atoms with E-state index in [1.807, 2.05) is 0 Å². The van der Waals surface area contributed by atoms with Gasteiger partial charge in [-0.2, -0.15) is 0 Å². The number of nitrogens with zero attached hydrogens (tertiary/aromatic N) is 2. The van der Waals surface area contributed by atoms with Crippen LogP contribution in [-0.4, -0.2) is 35.1 Å². The molecule has 0 aliphatic carbocycles. The maximum absolute atomic E-state index is 11.1. The van der Waals surface area contributed by atoms with Crippen molar-refractivity contribution in [3.05, 3.63) is 11.1 Å². The third kappa shape index (κ3) is 4.25. The van der Waals surface area contributed by atoms with E-state index in [0.29, 0.717) is 5.70 Å². The number of halogens is 1. The molecule has 1 aliphatic heterocycles. The zero-order chi connectivity index (χ0) is 12.8. The standard InChI is InChI=1S/C8H10ClN3O4S/c1-16-12-17-4-5(2-7(14)15)10-8(17)11-6(13)3-9/h4H,2-3H2,1H3,(H,14,15)(H,10,11,13). The molecule has 94 valence electrons. The van der Waals surface area contributed by atoms with Gasteiger partial charge in [0, 0.05) is 16.1 Å². The number of hydrogen-bond donors (Lipinski definition) is 2.